The number of carbonyl (C=O) groups is 1. The molecule has 1 amide bonds. The Morgan fingerprint density at radius 2 is 1.89 bits per heavy atom. The number of fused-ring (bicyclic) bond motifs is 2. The van der Waals surface area contributed by atoms with Crippen molar-refractivity contribution in [3.8, 4) is 11.3 Å². The second-order valence-electron chi connectivity index (χ2n) is 9.74. The zero-order valence-corrected chi connectivity index (χ0v) is 22.1. The van der Waals surface area contributed by atoms with Crippen LogP contribution in [0, 0.1) is 0 Å². The molecular formula is C27H30N6O3S. The van der Waals surface area contributed by atoms with Crippen molar-refractivity contribution in [1.29, 1.82) is 0 Å². The van der Waals surface area contributed by atoms with Crippen molar-refractivity contribution in [3.63, 3.8) is 0 Å². The average Bonchev–Trinajstić information content (AvgIpc) is 3.44. The number of hydrogen-bond donors (Lipinski definition) is 2. The largest absolute Gasteiger partial charge is 0.384 e. The van der Waals surface area contributed by atoms with E-state index in [1.54, 1.807) is 55.4 Å². The molecule has 1 aliphatic rings. The summed E-state index contributed by atoms with van der Waals surface area (Å²) < 4.78 is 24.9. The highest BCUT2D eigenvalue weighted by Gasteiger charge is 2.31. The third kappa shape index (κ3) is 4.70. The number of likely N-dealkylation sites (N-methyl/N-ethyl adjacent to an activating group) is 1. The maximum Gasteiger partial charge on any atom is 0.259 e. The zero-order chi connectivity index (χ0) is 26.3. The van der Waals surface area contributed by atoms with Gasteiger partial charge in [0, 0.05) is 36.1 Å². The van der Waals surface area contributed by atoms with Gasteiger partial charge in [0.05, 0.1) is 34.3 Å². The van der Waals surface area contributed by atoms with Crippen LogP contribution in [0.3, 0.4) is 0 Å². The quantitative estimate of drug-likeness (QED) is 0.363. The minimum atomic E-state index is -3.36. The van der Waals surface area contributed by atoms with Crippen LogP contribution >= 0.6 is 0 Å². The van der Waals surface area contributed by atoms with Gasteiger partial charge in [-0.05, 0) is 57.8 Å². The third-order valence-corrected chi connectivity index (χ3v) is 8.72. The van der Waals surface area contributed by atoms with Crippen molar-refractivity contribution >= 4 is 38.3 Å². The van der Waals surface area contributed by atoms with Gasteiger partial charge in [0.25, 0.3) is 5.91 Å². The fourth-order valence-corrected chi connectivity index (χ4v) is 5.40. The predicted octanol–water partition coefficient (Wildman–Crippen LogP) is 3.94. The molecular weight excluding hydrogens is 488 g/mol. The molecule has 0 saturated carbocycles. The maximum atomic E-state index is 13.4. The fraction of sp³-hybridized carbons (Fsp3) is 0.296. The number of anilines is 2. The van der Waals surface area contributed by atoms with E-state index in [0.29, 0.717) is 34.7 Å². The summed E-state index contributed by atoms with van der Waals surface area (Å²) >= 11 is 0. The van der Waals surface area contributed by atoms with E-state index in [1.165, 1.54) is 0 Å². The van der Waals surface area contributed by atoms with E-state index in [1.807, 2.05) is 32.3 Å². The normalized spacial score (nSPS) is 13.7. The summed E-state index contributed by atoms with van der Waals surface area (Å²) in [4.78, 5) is 29.9. The van der Waals surface area contributed by atoms with Crippen molar-refractivity contribution in [2.24, 2.45) is 0 Å². The van der Waals surface area contributed by atoms with Crippen LogP contribution in [0.2, 0.25) is 0 Å². The molecule has 0 spiro atoms. The first-order valence-electron chi connectivity index (χ1n) is 12.2. The van der Waals surface area contributed by atoms with Gasteiger partial charge >= 0.3 is 0 Å². The van der Waals surface area contributed by atoms with Crippen LogP contribution in [-0.2, 0) is 16.4 Å². The Morgan fingerprint density at radius 1 is 1.14 bits per heavy atom. The zero-order valence-electron chi connectivity index (χ0n) is 21.3. The number of H-pyrrole nitrogens is 1. The highest BCUT2D eigenvalue weighted by molar-refractivity contribution is 7.92. The molecule has 3 heterocycles. The molecule has 2 aromatic heterocycles. The lowest BCUT2D eigenvalue weighted by Crippen LogP contribution is -2.23. The number of sulfone groups is 1. The molecule has 0 radical (unpaired) electrons. The van der Waals surface area contributed by atoms with Crippen LogP contribution in [0.25, 0.3) is 22.4 Å². The van der Waals surface area contributed by atoms with Crippen molar-refractivity contribution in [2.45, 2.75) is 30.5 Å². The van der Waals surface area contributed by atoms with Crippen LogP contribution in [0.15, 0.2) is 59.8 Å². The molecule has 0 fully saturated rings. The lowest BCUT2D eigenvalue weighted by molar-refractivity contribution is 0.0997. The van der Waals surface area contributed by atoms with E-state index in [-0.39, 0.29) is 10.8 Å². The summed E-state index contributed by atoms with van der Waals surface area (Å²) in [6.45, 7) is 5.46. The van der Waals surface area contributed by atoms with Gasteiger partial charge in [-0.15, -0.1) is 0 Å². The smallest absolute Gasteiger partial charge is 0.259 e. The van der Waals surface area contributed by atoms with Crippen molar-refractivity contribution < 1.29 is 13.2 Å². The van der Waals surface area contributed by atoms with Crippen molar-refractivity contribution in [1.82, 2.24) is 19.9 Å². The number of aromatic amines is 1. The SMILES string of the molecule is CC(C)S(=O)(=O)c1ccc(-c2cnc3[nH]cc(N4Cc5ccc(NCCN(C)C)cc5C4=O)c3n2)cc1. The summed E-state index contributed by atoms with van der Waals surface area (Å²) in [5, 5.41) is 2.88. The van der Waals surface area contributed by atoms with Crippen LogP contribution in [0.4, 0.5) is 11.4 Å². The molecule has 1 aliphatic heterocycles. The molecule has 37 heavy (non-hydrogen) atoms. The lowest BCUT2D eigenvalue weighted by atomic mass is 10.1. The Bertz CT molecular complexity index is 1580. The van der Waals surface area contributed by atoms with Gasteiger partial charge in [-0.3, -0.25) is 4.79 Å². The van der Waals surface area contributed by atoms with E-state index >= 15 is 0 Å². The Morgan fingerprint density at radius 3 is 2.59 bits per heavy atom. The van der Waals surface area contributed by atoms with Gasteiger partial charge < -0.3 is 20.1 Å². The molecule has 0 atom stereocenters. The van der Waals surface area contributed by atoms with Gasteiger partial charge in [-0.2, -0.15) is 0 Å². The molecule has 2 N–H and O–H groups in total. The Kier molecular flexibility index (Phi) is 6.47. The summed E-state index contributed by atoms with van der Waals surface area (Å²) in [6, 6.07) is 12.6. The second-order valence-corrected chi connectivity index (χ2v) is 12.2. The molecule has 0 aliphatic carbocycles. The minimum Gasteiger partial charge on any atom is -0.384 e. The first-order chi connectivity index (χ1) is 17.6. The number of aromatic nitrogens is 3. The second kappa shape index (κ2) is 9.60. The van der Waals surface area contributed by atoms with E-state index in [2.05, 4.69) is 20.2 Å². The molecule has 192 valence electrons. The minimum absolute atomic E-state index is 0.0809. The molecule has 10 heteroatoms. The van der Waals surface area contributed by atoms with E-state index in [9.17, 15) is 13.2 Å². The van der Waals surface area contributed by atoms with E-state index in [4.69, 9.17) is 4.98 Å². The van der Waals surface area contributed by atoms with Crippen LogP contribution < -0.4 is 10.2 Å². The van der Waals surface area contributed by atoms with E-state index < -0.39 is 15.1 Å². The van der Waals surface area contributed by atoms with E-state index in [0.717, 1.165) is 29.9 Å². The topological polar surface area (TPSA) is 111 Å². The number of amides is 1. The number of carbonyl (C=O) groups excluding carboxylic acids is 1. The third-order valence-electron chi connectivity index (χ3n) is 6.55. The number of benzene rings is 2. The van der Waals surface area contributed by atoms with Gasteiger partial charge in [0.2, 0.25) is 0 Å². The fourth-order valence-electron chi connectivity index (χ4n) is 4.34. The van der Waals surface area contributed by atoms with Gasteiger partial charge in [0.15, 0.2) is 15.5 Å². The Balaban J connectivity index is 1.42. The van der Waals surface area contributed by atoms with Crippen molar-refractivity contribution in [3.05, 3.63) is 66.0 Å². The van der Waals surface area contributed by atoms with Gasteiger partial charge in [-0.25, -0.2) is 18.4 Å². The maximum absolute atomic E-state index is 13.4. The van der Waals surface area contributed by atoms with Crippen molar-refractivity contribution in [2.75, 3.05) is 37.4 Å². The Hall–Kier alpha value is -3.76. The first-order valence-corrected chi connectivity index (χ1v) is 13.7. The molecule has 9 nitrogen and oxygen atoms in total. The Labute approximate surface area is 216 Å². The molecule has 0 unspecified atom stereocenters. The van der Waals surface area contributed by atoms with Crippen LogP contribution in [-0.4, -0.2) is 66.6 Å². The number of rotatable bonds is 8. The lowest BCUT2D eigenvalue weighted by Gasteiger charge is -2.14. The molecule has 2 aromatic carbocycles. The monoisotopic (exact) mass is 518 g/mol. The number of nitrogens with zero attached hydrogens (tertiary/aromatic N) is 4. The predicted molar refractivity (Wildman–Crippen MR) is 146 cm³/mol. The number of nitrogens with one attached hydrogen (secondary N) is 2. The molecule has 4 aromatic rings. The summed E-state index contributed by atoms with van der Waals surface area (Å²) in [5.74, 6) is -0.0809. The highest BCUT2D eigenvalue weighted by atomic mass is 32.2. The van der Waals surface area contributed by atoms with Crippen LogP contribution in [0.1, 0.15) is 29.8 Å². The average molecular weight is 519 g/mol. The standard InChI is InChI=1S/C27H30N6O3S/c1-17(2)37(35,36)21-9-6-18(7-10-21)23-14-29-26-25(31-23)24(15-30-26)33-16-19-5-8-20(13-22(19)27(33)34)28-11-12-32(3)4/h5-10,13-15,17,28H,11-12,16H2,1-4H3,(H,29,30). The summed E-state index contributed by atoms with van der Waals surface area (Å²) in [6.07, 6.45) is 3.40. The number of hydrogen-bond acceptors (Lipinski definition) is 7. The van der Waals surface area contributed by atoms with Crippen LogP contribution in [0.5, 0.6) is 0 Å². The summed E-state index contributed by atoms with van der Waals surface area (Å²) in [7, 11) is 0.687. The molecule has 0 saturated heterocycles. The van der Waals surface area contributed by atoms with Gasteiger partial charge in [-0.1, -0.05) is 18.2 Å². The van der Waals surface area contributed by atoms with Gasteiger partial charge in [0.1, 0.15) is 5.52 Å². The molecule has 5 rings (SSSR count). The highest BCUT2D eigenvalue weighted by Crippen LogP contribution is 2.34. The molecule has 0 bridgehead atoms. The summed E-state index contributed by atoms with van der Waals surface area (Å²) in [5.41, 5.74) is 5.71. The first kappa shape index (κ1) is 24.9.